The van der Waals surface area contributed by atoms with Crippen LogP contribution in [0.4, 0.5) is 0 Å². The molecule has 0 aliphatic carbocycles. The molecule has 3 aromatic carbocycles. The first-order valence-electron chi connectivity index (χ1n) is 9.64. The summed E-state index contributed by atoms with van der Waals surface area (Å²) in [5, 5.41) is 3.03. The Labute approximate surface area is 178 Å². The number of benzene rings is 3. The third kappa shape index (κ3) is 4.40. The van der Waals surface area contributed by atoms with Crippen LogP contribution >= 0.6 is 15.9 Å². The number of amides is 1. The molecule has 29 heavy (non-hydrogen) atoms. The van der Waals surface area contributed by atoms with Gasteiger partial charge in [0.25, 0.3) is 5.91 Å². The van der Waals surface area contributed by atoms with Crippen LogP contribution in [0.15, 0.2) is 77.3 Å². The molecule has 4 rings (SSSR count). The Balaban J connectivity index is 1.53. The molecule has 0 saturated carbocycles. The fourth-order valence-electron chi connectivity index (χ4n) is 3.48. The van der Waals surface area contributed by atoms with Crippen molar-refractivity contribution < 1.29 is 4.79 Å². The summed E-state index contributed by atoms with van der Waals surface area (Å²) in [6, 6.07) is 24.1. The van der Waals surface area contributed by atoms with Gasteiger partial charge in [-0.1, -0.05) is 58.4 Å². The van der Waals surface area contributed by atoms with Crippen molar-refractivity contribution in [3.05, 3.63) is 99.8 Å². The van der Waals surface area contributed by atoms with Crippen molar-refractivity contribution in [3.8, 4) is 0 Å². The molecule has 0 saturated heterocycles. The topological polar surface area (TPSA) is 46.9 Å². The van der Waals surface area contributed by atoms with Crippen LogP contribution in [0.2, 0.25) is 0 Å². The second kappa shape index (κ2) is 8.62. The van der Waals surface area contributed by atoms with Crippen molar-refractivity contribution in [2.24, 2.45) is 0 Å². The number of imidazole rings is 1. The molecule has 0 aliphatic rings. The molecule has 1 N–H and O–H groups in total. The molecule has 0 aliphatic heterocycles. The number of para-hydroxylation sites is 2. The molecule has 4 aromatic rings. The zero-order valence-electron chi connectivity index (χ0n) is 16.2. The number of fused-ring (bicyclic) bond motifs is 1. The second-order valence-corrected chi connectivity index (χ2v) is 7.97. The second-order valence-electron chi connectivity index (χ2n) is 7.05. The van der Waals surface area contributed by atoms with E-state index >= 15 is 0 Å². The number of aryl methyl sites for hydroxylation is 1. The van der Waals surface area contributed by atoms with Gasteiger partial charge >= 0.3 is 0 Å². The smallest absolute Gasteiger partial charge is 0.251 e. The zero-order valence-corrected chi connectivity index (χ0v) is 17.8. The third-order valence-corrected chi connectivity index (χ3v) is 5.54. The number of aromatic nitrogens is 2. The van der Waals surface area contributed by atoms with Crippen LogP contribution in [0, 0.1) is 6.92 Å². The van der Waals surface area contributed by atoms with Crippen molar-refractivity contribution in [1.82, 2.24) is 14.9 Å². The molecule has 1 heterocycles. The maximum atomic E-state index is 12.5. The van der Waals surface area contributed by atoms with Gasteiger partial charge in [-0.2, -0.15) is 0 Å². The Morgan fingerprint density at radius 3 is 2.52 bits per heavy atom. The summed E-state index contributed by atoms with van der Waals surface area (Å²) >= 11 is 3.49. The molecule has 0 fully saturated rings. The molecule has 0 atom stereocenters. The molecular weight excluding hydrogens is 426 g/mol. The van der Waals surface area contributed by atoms with Gasteiger partial charge in [0.05, 0.1) is 11.0 Å². The van der Waals surface area contributed by atoms with Gasteiger partial charge in [-0.3, -0.25) is 4.79 Å². The number of nitrogens with zero attached hydrogens (tertiary/aromatic N) is 2. The van der Waals surface area contributed by atoms with Crippen LogP contribution in [-0.2, 0) is 13.0 Å². The van der Waals surface area contributed by atoms with Crippen LogP contribution in [0.5, 0.6) is 0 Å². The average Bonchev–Trinajstić information content (AvgIpc) is 3.07. The van der Waals surface area contributed by atoms with Crippen molar-refractivity contribution in [2.75, 3.05) is 6.54 Å². The van der Waals surface area contributed by atoms with Gasteiger partial charge in [0, 0.05) is 29.5 Å². The Hall–Kier alpha value is -2.92. The van der Waals surface area contributed by atoms with Gasteiger partial charge < -0.3 is 9.88 Å². The summed E-state index contributed by atoms with van der Waals surface area (Å²) in [6.07, 6.45) is 0.669. The maximum Gasteiger partial charge on any atom is 0.251 e. The maximum absolute atomic E-state index is 12.5. The molecule has 0 unspecified atom stereocenters. The van der Waals surface area contributed by atoms with Gasteiger partial charge in [-0.05, 0) is 48.4 Å². The van der Waals surface area contributed by atoms with Gasteiger partial charge in [0.15, 0.2) is 0 Å². The zero-order chi connectivity index (χ0) is 20.2. The van der Waals surface area contributed by atoms with E-state index < -0.39 is 0 Å². The monoisotopic (exact) mass is 447 g/mol. The highest BCUT2D eigenvalue weighted by atomic mass is 79.9. The molecule has 1 aromatic heterocycles. The Kier molecular flexibility index (Phi) is 5.76. The fourth-order valence-corrected chi connectivity index (χ4v) is 3.74. The fraction of sp³-hybridized carbons (Fsp3) is 0.167. The van der Waals surface area contributed by atoms with Gasteiger partial charge in [-0.15, -0.1) is 0 Å². The van der Waals surface area contributed by atoms with Crippen molar-refractivity contribution >= 4 is 32.9 Å². The highest BCUT2D eigenvalue weighted by Gasteiger charge is 2.12. The lowest BCUT2D eigenvalue weighted by Crippen LogP contribution is -2.27. The normalized spacial score (nSPS) is 11.0. The molecular formula is C24H22BrN3O. The SMILES string of the molecule is Cc1ccccc1C(=O)NCCc1nc2ccccc2n1Cc1ccc(Br)cc1. The minimum absolute atomic E-state index is 0.0429. The van der Waals surface area contributed by atoms with Crippen molar-refractivity contribution in [1.29, 1.82) is 0 Å². The lowest BCUT2D eigenvalue weighted by Gasteiger charge is -2.11. The van der Waals surface area contributed by atoms with Gasteiger partial charge in [0.1, 0.15) is 5.82 Å². The molecule has 1 amide bonds. The van der Waals surface area contributed by atoms with E-state index in [1.165, 1.54) is 5.56 Å². The molecule has 0 spiro atoms. The Morgan fingerprint density at radius 1 is 1.00 bits per heavy atom. The number of nitrogens with one attached hydrogen (secondary N) is 1. The number of hydrogen-bond acceptors (Lipinski definition) is 2. The summed E-state index contributed by atoms with van der Waals surface area (Å²) < 4.78 is 3.30. The first-order chi connectivity index (χ1) is 14.1. The van der Waals surface area contributed by atoms with E-state index in [-0.39, 0.29) is 5.91 Å². The highest BCUT2D eigenvalue weighted by molar-refractivity contribution is 9.10. The molecule has 5 heteroatoms. The van der Waals surface area contributed by atoms with E-state index in [0.29, 0.717) is 13.0 Å². The van der Waals surface area contributed by atoms with E-state index in [4.69, 9.17) is 4.98 Å². The molecule has 146 valence electrons. The lowest BCUT2D eigenvalue weighted by molar-refractivity contribution is 0.0953. The number of carbonyl (C=O) groups excluding carboxylic acids is 1. The Bertz CT molecular complexity index is 1150. The predicted octanol–water partition coefficient (Wildman–Crippen LogP) is 5.13. The number of hydrogen-bond donors (Lipinski definition) is 1. The highest BCUT2D eigenvalue weighted by Crippen LogP contribution is 2.19. The minimum atomic E-state index is -0.0429. The van der Waals surface area contributed by atoms with Crippen LogP contribution in [-0.4, -0.2) is 22.0 Å². The first kappa shape index (κ1) is 19.4. The summed E-state index contributed by atoms with van der Waals surface area (Å²) in [7, 11) is 0. The van der Waals surface area contributed by atoms with Crippen molar-refractivity contribution in [3.63, 3.8) is 0 Å². The first-order valence-corrected chi connectivity index (χ1v) is 10.4. The van der Waals surface area contributed by atoms with Crippen LogP contribution < -0.4 is 5.32 Å². The van der Waals surface area contributed by atoms with E-state index in [9.17, 15) is 4.79 Å². The Morgan fingerprint density at radius 2 is 1.72 bits per heavy atom. The van der Waals surface area contributed by atoms with E-state index in [1.807, 2.05) is 49.4 Å². The standard InChI is InChI=1S/C24H22BrN3O/c1-17-6-2-3-7-20(17)24(29)26-15-14-23-27-21-8-4-5-9-22(21)28(23)16-18-10-12-19(25)13-11-18/h2-13H,14-16H2,1H3,(H,26,29). The summed E-state index contributed by atoms with van der Waals surface area (Å²) in [6.45, 7) is 3.23. The summed E-state index contributed by atoms with van der Waals surface area (Å²) in [5.74, 6) is 0.929. The van der Waals surface area contributed by atoms with Crippen LogP contribution in [0.1, 0.15) is 27.3 Å². The lowest BCUT2D eigenvalue weighted by atomic mass is 10.1. The van der Waals surface area contributed by atoms with E-state index in [2.05, 4.69) is 56.1 Å². The van der Waals surface area contributed by atoms with E-state index in [1.54, 1.807) is 0 Å². The van der Waals surface area contributed by atoms with Crippen LogP contribution in [0.25, 0.3) is 11.0 Å². The van der Waals surface area contributed by atoms with Gasteiger partial charge in [0.2, 0.25) is 0 Å². The number of halogens is 1. The van der Waals surface area contributed by atoms with E-state index in [0.717, 1.165) is 39.0 Å². The van der Waals surface area contributed by atoms with Crippen LogP contribution in [0.3, 0.4) is 0 Å². The quantitative estimate of drug-likeness (QED) is 0.445. The summed E-state index contributed by atoms with van der Waals surface area (Å²) in [4.78, 5) is 17.3. The van der Waals surface area contributed by atoms with Crippen molar-refractivity contribution in [2.45, 2.75) is 19.9 Å². The third-order valence-electron chi connectivity index (χ3n) is 5.01. The van der Waals surface area contributed by atoms with Gasteiger partial charge in [-0.25, -0.2) is 4.98 Å². The molecule has 0 bridgehead atoms. The largest absolute Gasteiger partial charge is 0.352 e. The minimum Gasteiger partial charge on any atom is -0.352 e. The number of rotatable bonds is 6. The molecule has 0 radical (unpaired) electrons. The summed E-state index contributed by atoms with van der Waals surface area (Å²) in [5.41, 5.74) is 4.99. The average molecular weight is 448 g/mol. The molecule has 4 nitrogen and oxygen atoms in total. The predicted molar refractivity (Wildman–Crippen MR) is 120 cm³/mol. The number of carbonyl (C=O) groups is 1.